The van der Waals surface area contributed by atoms with Crippen LogP contribution in [0.1, 0.15) is 149 Å². The number of unbranched alkanes of at least 4 members (excludes halogenated alkanes) is 17. The maximum atomic E-state index is 2.33. The zero-order chi connectivity index (χ0) is 19.8. The van der Waals surface area contributed by atoms with Crippen molar-refractivity contribution in [3.63, 3.8) is 0 Å². The second-order valence-corrected chi connectivity index (χ2v) is 9.01. The van der Waals surface area contributed by atoms with Crippen molar-refractivity contribution < 1.29 is 4.90 Å². The Labute approximate surface area is 174 Å². The third-order valence-corrected chi connectivity index (χ3v) is 6.15. The molecule has 1 nitrogen and oxygen atoms in total. The van der Waals surface area contributed by atoms with Crippen LogP contribution in [0.4, 0.5) is 0 Å². The van der Waals surface area contributed by atoms with Gasteiger partial charge in [-0.25, -0.2) is 0 Å². The van der Waals surface area contributed by atoms with Crippen LogP contribution in [0, 0.1) is 0 Å². The molecule has 0 saturated heterocycles. The van der Waals surface area contributed by atoms with Crippen molar-refractivity contribution >= 4 is 0 Å². The van der Waals surface area contributed by atoms with E-state index < -0.39 is 0 Å². The molecular weight excluding hydrogens is 326 g/mol. The van der Waals surface area contributed by atoms with E-state index in [1.54, 1.807) is 0 Å². The molecule has 1 heteroatoms. The van der Waals surface area contributed by atoms with E-state index in [2.05, 4.69) is 20.8 Å². The van der Waals surface area contributed by atoms with Crippen molar-refractivity contribution in [2.45, 2.75) is 149 Å². The van der Waals surface area contributed by atoms with Gasteiger partial charge >= 0.3 is 0 Å². The molecule has 1 N–H and O–H groups in total. The van der Waals surface area contributed by atoms with Crippen molar-refractivity contribution in [1.29, 1.82) is 0 Å². The summed E-state index contributed by atoms with van der Waals surface area (Å²) in [7, 11) is 0. The molecular formula is C26H56N+. The standard InChI is InChI=1S/C26H55N/c1-4-7-10-11-12-13-14-15-16-17-18-19-20-21-22-23-26-27(24-8-5-2)25-9-6-3/h4-26H2,1-3H3/p+1. The molecule has 0 aromatic carbocycles. The van der Waals surface area contributed by atoms with Gasteiger partial charge in [0.25, 0.3) is 0 Å². The molecule has 0 amide bonds. The molecule has 0 aliphatic rings. The van der Waals surface area contributed by atoms with Gasteiger partial charge in [0.1, 0.15) is 0 Å². The van der Waals surface area contributed by atoms with Gasteiger partial charge in [0.05, 0.1) is 19.6 Å². The summed E-state index contributed by atoms with van der Waals surface area (Å²) in [5.74, 6) is 0. The first-order valence-electron chi connectivity index (χ1n) is 13.2. The van der Waals surface area contributed by atoms with Gasteiger partial charge in [-0.3, -0.25) is 0 Å². The minimum atomic E-state index is 1.36. The molecule has 0 aliphatic heterocycles. The van der Waals surface area contributed by atoms with Crippen molar-refractivity contribution in [1.82, 2.24) is 0 Å². The molecule has 0 unspecified atom stereocenters. The van der Waals surface area contributed by atoms with Gasteiger partial charge in [-0.1, -0.05) is 124 Å². The smallest absolute Gasteiger partial charge is 0.0770 e. The van der Waals surface area contributed by atoms with Crippen LogP contribution in [-0.2, 0) is 0 Å². The number of rotatable bonds is 23. The van der Waals surface area contributed by atoms with E-state index in [4.69, 9.17) is 0 Å². The Balaban J connectivity index is 3.24. The SMILES string of the molecule is CCCCCCCCCCCCCCCCCC[NH+](CCCC)CCCC. The van der Waals surface area contributed by atoms with Gasteiger partial charge in [0.15, 0.2) is 0 Å². The van der Waals surface area contributed by atoms with Crippen LogP contribution in [0.2, 0.25) is 0 Å². The molecule has 0 heterocycles. The fraction of sp³-hybridized carbons (Fsp3) is 1.00. The summed E-state index contributed by atoms with van der Waals surface area (Å²) in [4.78, 5) is 1.88. The lowest BCUT2D eigenvalue weighted by atomic mass is 10.0. The monoisotopic (exact) mass is 382 g/mol. The van der Waals surface area contributed by atoms with Gasteiger partial charge < -0.3 is 4.90 Å². The summed E-state index contributed by atoms with van der Waals surface area (Å²) in [6, 6.07) is 0. The summed E-state index contributed by atoms with van der Waals surface area (Å²) in [6.45, 7) is 11.2. The quantitative estimate of drug-likeness (QED) is 0.172. The van der Waals surface area contributed by atoms with E-state index in [0.29, 0.717) is 0 Å². The van der Waals surface area contributed by atoms with Crippen molar-refractivity contribution in [3.05, 3.63) is 0 Å². The number of nitrogens with one attached hydrogen (secondary N) is 1. The normalized spacial score (nSPS) is 11.6. The first kappa shape index (κ1) is 27.0. The van der Waals surface area contributed by atoms with Crippen molar-refractivity contribution in [2.24, 2.45) is 0 Å². The van der Waals surface area contributed by atoms with Crippen molar-refractivity contribution in [2.75, 3.05) is 19.6 Å². The topological polar surface area (TPSA) is 4.44 Å². The average Bonchev–Trinajstić information content (AvgIpc) is 2.69. The van der Waals surface area contributed by atoms with Gasteiger partial charge in [-0.05, 0) is 25.7 Å². The number of hydrogen-bond donors (Lipinski definition) is 1. The second-order valence-electron chi connectivity index (χ2n) is 9.01. The zero-order valence-corrected chi connectivity index (χ0v) is 19.8. The van der Waals surface area contributed by atoms with Crippen LogP contribution in [0.25, 0.3) is 0 Å². The largest absolute Gasteiger partial charge is 0.335 e. The third kappa shape index (κ3) is 22.1. The fourth-order valence-corrected chi connectivity index (χ4v) is 4.15. The van der Waals surface area contributed by atoms with Gasteiger partial charge in [-0.2, -0.15) is 0 Å². The van der Waals surface area contributed by atoms with Crippen LogP contribution in [0.5, 0.6) is 0 Å². The van der Waals surface area contributed by atoms with Gasteiger partial charge in [0.2, 0.25) is 0 Å². The highest BCUT2D eigenvalue weighted by Crippen LogP contribution is 2.13. The molecule has 0 atom stereocenters. The molecule has 0 bridgehead atoms. The minimum Gasteiger partial charge on any atom is -0.335 e. The Morgan fingerprint density at radius 3 is 0.889 bits per heavy atom. The van der Waals surface area contributed by atoms with Crippen LogP contribution in [0.15, 0.2) is 0 Å². The van der Waals surface area contributed by atoms with E-state index in [1.807, 2.05) is 4.90 Å². The van der Waals surface area contributed by atoms with Crippen LogP contribution < -0.4 is 4.90 Å². The molecule has 0 rings (SSSR count). The molecule has 0 aromatic rings. The predicted molar refractivity (Wildman–Crippen MR) is 125 cm³/mol. The van der Waals surface area contributed by atoms with E-state index in [1.165, 1.54) is 148 Å². The molecule has 0 aromatic heterocycles. The molecule has 27 heavy (non-hydrogen) atoms. The summed E-state index contributed by atoms with van der Waals surface area (Å²) in [6.07, 6.45) is 29.1. The van der Waals surface area contributed by atoms with E-state index >= 15 is 0 Å². The zero-order valence-electron chi connectivity index (χ0n) is 19.8. The summed E-state index contributed by atoms with van der Waals surface area (Å²) >= 11 is 0. The van der Waals surface area contributed by atoms with Crippen LogP contribution >= 0.6 is 0 Å². The van der Waals surface area contributed by atoms with Gasteiger partial charge in [-0.15, -0.1) is 0 Å². The lowest BCUT2D eigenvalue weighted by molar-refractivity contribution is -0.900. The Morgan fingerprint density at radius 2 is 0.556 bits per heavy atom. The van der Waals surface area contributed by atoms with Crippen LogP contribution in [-0.4, -0.2) is 19.6 Å². The summed E-state index contributed by atoms with van der Waals surface area (Å²) < 4.78 is 0. The van der Waals surface area contributed by atoms with E-state index in [9.17, 15) is 0 Å². The van der Waals surface area contributed by atoms with E-state index in [-0.39, 0.29) is 0 Å². The van der Waals surface area contributed by atoms with E-state index in [0.717, 1.165) is 0 Å². The molecule has 0 saturated carbocycles. The lowest BCUT2D eigenvalue weighted by Crippen LogP contribution is -3.12. The maximum Gasteiger partial charge on any atom is 0.0770 e. The lowest BCUT2D eigenvalue weighted by Gasteiger charge is -2.19. The third-order valence-electron chi connectivity index (χ3n) is 6.15. The summed E-state index contributed by atoms with van der Waals surface area (Å²) in [5, 5.41) is 0. The molecule has 0 aliphatic carbocycles. The highest BCUT2D eigenvalue weighted by Gasteiger charge is 2.06. The predicted octanol–water partition coefficient (Wildman–Crippen LogP) is 7.73. The molecule has 0 radical (unpaired) electrons. The second kappa shape index (κ2) is 24.0. The number of hydrogen-bond acceptors (Lipinski definition) is 0. The Kier molecular flexibility index (Phi) is 24.0. The maximum absolute atomic E-state index is 2.33. The number of quaternary nitrogens is 1. The Hall–Kier alpha value is -0.0400. The highest BCUT2D eigenvalue weighted by molar-refractivity contribution is 4.50. The fourth-order valence-electron chi connectivity index (χ4n) is 4.15. The molecule has 164 valence electrons. The highest BCUT2D eigenvalue weighted by atomic mass is 15.1. The van der Waals surface area contributed by atoms with Crippen molar-refractivity contribution in [3.8, 4) is 0 Å². The average molecular weight is 383 g/mol. The van der Waals surface area contributed by atoms with Crippen LogP contribution in [0.3, 0.4) is 0 Å². The first-order valence-corrected chi connectivity index (χ1v) is 13.2. The minimum absolute atomic E-state index is 1.36. The molecule has 0 fully saturated rings. The Morgan fingerprint density at radius 1 is 0.296 bits per heavy atom. The summed E-state index contributed by atoms with van der Waals surface area (Å²) in [5.41, 5.74) is 0. The van der Waals surface area contributed by atoms with Gasteiger partial charge in [0, 0.05) is 0 Å². The Bertz CT molecular complexity index is 243. The first-order chi connectivity index (χ1) is 13.3. The molecule has 0 spiro atoms.